The number of hydrogen-bond donors (Lipinski definition) is 0. The number of hydrogen-bond acceptors (Lipinski definition) is 1. The predicted octanol–water partition coefficient (Wildman–Crippen LogP) is 12.5. The average Bonchev–Trinajstić information content (AvgIpc) is 3.45. The van der Waals surface area contributed by atoms with Crippen molar-refractivity contribution in [3.63, 3.8) is 0 Å². The van der Waals surface area contributed by atoms with Gasteiger partial charge in [-0.05, 0) is 96.0 Å². The van der Waals surface area contributed by atoms with Crippen LogP contribution >= 0.6 is 11.3 Å². The lowest BCUT2D eigenvalue weighted by Crippen LogP contribution is -1.91. The molecule has 8 aromatic carbocycles. The third-order valence-electron chi connectivity index (χ3n) is 8.83. The second-order valence-corrected chi connectivity index (χ2v) is 12.4. The molecule has 200 valence electrons. The van der Waals surface area contributed by atoms with Gasteiger partial charge in [-0.25, -0.2) is 0 Å². The largest absolute Gasteiger partial charge is 0.135 e. The molecule has 9 rings (SSSR count). The van der Waals surface area contributed by atoms with Gasteiger partial charge in [-0.2, -0.15) is 0 Å². The molecule has 0 bridgehead atoms. The highest BCUT2D eigenvalue weighted by molar-refractivity contribution is 7.25. The summed E-state index contributed by atoms with van der Waals surface area (Å²) in [6.45, 7) is 0. The lowest BCUT2D eigenvalue weighted by atomic mass is 9.85. The smallest absolute Gasteiger partial charge is 0.0355 e. The molecule has 0 aliphatic rings. The van der Waals surface area contributed by atoms with Crippen molar-refractivity contribution in [3.8, 4) is 33.4 Å². The first-order chi connectivity index (χ1) is 21.3. The zero-order valence-corrected chi connectivity index (χ0v) is 24.2. The second kappa shape index (κ2) is 9.66. The minimum atomic E-state index is 1.23. The maximum atomic E-state index is 2.41. The monoisotopic (exact) mass is 562 g/mol. The minimum absolute atomic E-state index is 1.23. The lowest BCUT2D eigenvalue weighted by Gasteiger charge is -2.18. The molecule has 1 heterocycles. The van der Waals surface area contributed by atoms with Gasteiger partial charge in [0.2, 0.25) is 0 Å². The van der Waals surface area contributed by atoms with E-state index in [-0.39, 0.29) is 0 Å². The summed E-state index contributed by atoms with van der Waals surface area (Å²) in [6, 6.07) is 58.1. The van der Waals surface area contributed by atoms with Gasteiger partial charge in [0.1, 0.15) is 0 Å². The Bertz CT molecular complexity index is 2460. The number of fused-ring (bicyclic) bond motifs is 6. The molecule has 0 aliphatic carbocycles. The molecule has 0 amide bonds. The van der Waals surface area contributed by atoms with Crippen LogP contribution in [0.2, 0.25) is 0 Å². The zero-order valence-electron chi connectivity index (χ0n) is 23.4. The molecule has 0 N–H and O–H groups in total. The zero-order chi connectivity index (χ0) is 28.3. The molecule has 0 atom stereocenters. The Morgan fingerprint density at radius 1 is 0.279 bits per heavy atom. The van der Waals surface area contributed by atoms with Crippen LogP contribution in [0, 0.1) is 0 Å². The summed E-state index contributed by atoms with van der Waals surface area (Å²) in [7, 11) is 0. The standard InChI is InChI=1S/C42H26S/c1-2-11-28-24-30(21-20-27(28)10-1)29-12-9-13-31(25-29)41-34-15-3-5-17-36(34)42(37-18-6-4-16-35(37)41)32-22-23-40-38(26-32)33-14-7-8-19-39(33)43-40/h1-26H. The fourth-order valence-electron chi connectivity index (χ4n) is 6.86. The van der Waals surface area contributed by atoms with E-state index < -0.39 is 0 Å². The number of benzene rings is 8. The van der Waals surface area contributed by atoms with Crippen LogP contribution in [0.5, 0.6) is 0 Å². The molecule has 43 heavy (non-hydrogen) atoms. The molecule has 9 aromatic rings. The molecule has 0 unspecified atom stereocenters. The van der Waals surface area contributed by atoms with Gasteiger partial charge in [0, 0.05) is 20.2 Å². The van der Waals surface area contributed by atoms with Gasteiger partial charge in [-0.15, -0.1) is 11.3 Å². The minimum Gasteiger partial charge on any atom is -0.135 e. The van der Waals surface area contributed by atoms with Gasteiger partial charge in [0.15, 0.2) is 0 Å². The van der Waals surface area contributed by atoms with E-state index in [1.165, 1.54) is 85.9 Å². The highest BCUT2D eigenvalue weighted by atomic mass is 32.1. The van der Waals surface area contributed by atoms with Crippen LogP contribution in [-0.2, 0) is 0 Å². The summed E-state index contributed by atoms with van der Waals surface area (Å²) < 4.78 is 2.67. The van der Waals surface area contributed by atoms with E-state index in [0.717, 1.165) is 0 Å². The van der Waals surface area contributed by atoms with Crippen LogP contribution in [0.1, 0.15) is 0 Å². The van der Waals surface area contributed by atoms with Crippen LogP contribution in [0.3, 0.4) is 0 Å². The van der Waals surface area contributed by atoms with E-state index in [0.29, 0.717) is 0 Å². The molecule has 0 nitrogen and oxygen atoms in total. The first-order valence-electron chi connectivity index (χ1n) is 14.8. The van der Waals surface area contributed by atoms with Crippen LogP contribution < -0.4 is 0 Å². The summed E-state index contributed by atoms with van der Waals surface area (Å²) in [5.74, 6) is 0. The molecule has 0 saturated heterocycles. The van der Waals surface area contributed by atoms with E-state index in [4.69, 9.17) is 0 Å². The molecule has 0 fully saturated rings. The fourth-order valence-corrected chi connectivity index (χ4v) is 7.94. The van der Waals surface area contributed by atoms with Gasteiger partial charge in [-0.1, -0.05) is 127 Å². The number of rotatable bonds is 3. The van der Waals surface area contributed by atoms with Gasteiger partial charge in [-0.3, -0.25) is 0 Å². The molecular weight excluding hydrogens is 537 g/mol. The summed E-state index contributed by atoms with van der Waals surface area (Å²) in [4.78, 5) is 0. The SMILES string of the molecule is c1cc(-c2ccc3ccccc3c2)cc(-c2c3ccccc3c(-c3ccc4sc5ccccc5c4c3)c3ccccc23)c1. The molecule has 1 heteroatoms. The third-order valence-corrected chi connectivity index (χ3v) is 9.98. The molecule has 0 aliphatic heterocycles. The van der Waals surface area contributed by atoms with Gasteiger partial charge in [0.25, 0.3) is 0 Å². The van der Waals surface area contributed by atoms with Crippen molar-refractivity contribution < 1.29 is 0 Å². The summed E-state index contributed by atoms with van der Waals surface area (Å²) in [5.41, 5.74) is 7.57. The van der Waals surface area contributed by atoms with Crippen molar-refractivity contribution in [3.05, 3.63) is 158 Å². The topological polar surface area (TPSA) is 0 Å². The van der Waals surface area contributed by atoms with Crippen molar-refractivity contribution in [1.82, 2.24) is 0 Å². The lowest BCUT2D eigenvalue weighted by molar-refractivity contribution is 1.63. The Labute approximate surface area is 254 Å². The van der Waals surface area contributed by atoms with Crippen molar-refractivity contribution >= 4 is 63.8 Å². The molecule has 0 saturated carbocycles. The first-order valence-corrected chi connectivity index (χ1v) is 15.6. The van der Waals surface area contributed by atoms with Gasteiger partial charge < -0.3 is 0 Å². The number of thiophene rings is 1. The van der Waals surface area contributed by atoms with E-state index in [2.05, 4.69) is 158 Å². The molecule has 0 radical (unpaired) electrons. The van der Waals surface area contributed by atoms with Gasteiger partial charge in [0.05, 0.1) is 0 Å². The van der Waals surface area contributed by atoms with E-state index in [9.17, 15) is 0 Å². The first kappa shape index (κ1) is 24.4. The highest BCUT2D eigenvalue weighted by Crippen LogP contribution is 2.45. The Kier molecular flexibility index (Phi) is 5.47. The summed E-state index contributed by atoms with van der Waals surface area (Å²) >= 11 is 1.87. The summed E-state index contributed by atoms with van der Waals surface area (Å²) in [5, 5.41) is 10.3. The van der Waals surface area contributed by atoms with Crippen LogP contribution in [0.25, 0.3) is 85.9 Å². The van der Waals surface area contributed by atoms with E-state index >= 15 is 0 Å². The van der Waals surface area contributed by atoms with Crippen molar-refractivity contribution in [2.75, 3.05) is 0 Å². The van der Waals surface area contributed by atoms with Gasteiger partial charge >= 0.3 is 0 Å². The van der Waals surface area contributed by atoms with Crippen molar-refractivity contribution in [1.29, 1.82) is 0 Å². The second-order valence-electron chi connectivity index (χ2n) is 11.3. The quantitative estimate of drug-likeness (QED) is 0.188. The van der Waals surface area contributed by atoms with Crippen LogP contribution in [0.4, 0.5) is 0 Å². The highest BCUT2D eigenvalue weighted by Gasteiger charge is 2.17. The fraction of sp³-hybridized carbons (Fsp3) is 0. The molecule has 1 aromatic heterocycles. The Morgan fingerprint density at radius 2 is 0.791 bits per heavy atom. The Hall–Kier alpha value is -5.24. The maximum absolute atomic E-state index is 2.41. The van der Waals surface area contributed by atoms with Crippen molar-refractivity contribution in [2.24, 2.45) is 0 Å². The van der Waals surface area contributed by atoms with Crippen LogP contribution in [-0.4, -0.2) is 0 Å². The van der Waals surface area contributed by atoms with Crippen LogP contribution in [0.15, 0.2) is 158 Å². The van der Waals surface area contributed by atoms with E-state index in [1.807, 2.05) is 11.3 Å². The predicted molar refractivity (Wildman–Crippen MR) is 188 cm³/mol. The van der Waals surface area contributed by atoms with Crippen molar-refractivity contribution in [2.45, 2.75) is 0 Å². The Balaban J connectivity index is 1.30. The molecule has 0 spiro atoms. The normalized spacial score (nSPS) is 11.7. The summed E-state index contributed by atoms with van der Waals surface area (Å²) in [6.07, 6.45) is 0. The maximum Gasteiger partial charge on any atom is 0.0355 e. The van der Waals surface area contributed by atoms with E-state index in [1.54, 1.807) is 0 Å². The third kappa shape index (κ3) is 3.90. The average molecular weight is 563 g/mol. The Morgan fingerprint density at radius 3 is 1.51 bits per heavy atom. The molecular formula is C42H26S.